The second-order valence-corrected chi connectivity index (χ2v) is 4.73. The van der Waals surface area contributed by atoms with Gasteiger partial charge >= 0.3 is 0 Å². The average molecular weight is 288 g/mol. The van der Waals surface area contributed by atoms with Gasteiger partial charge in [0.25, 0.3) is 5.91 Å². The number of β-lactam (4-membered cyclic amide) rings is 1. The van der Waals surface area contributed by atoms with E-state index in [-0.39, 0.29) is 18.4 Å². The van der Waals surface area contributed by atoms with Gasteiger partial charge in [0.2, 0.25) is 0 Å². The predicted octanol–water partition coefficient (Wildman–Crippen LogP) is 0.505. The SMILES string of the molecule is C#CC[C@@H](O)[C@H]1[C@@H](OC)C(=O)N1CC(=C)Br. The van der Waals surface area contributed by atoms with Gasteiger partial charge in [-0.25, -0.2) is 0 Å². The van der Waals surface area contributed by atoms with Crippen LogP contribution in [0.1, 0.15) is 6.42 Å². The Balaban J connectivity index is 2.72. The predicted molar refractivity (Wildman–Crippen MR) is 63.8 cm³/mol. The first-order valence-electron chi connectivity index (χ1n) is 4.81. The molecule has 5 heteroatoms. The number of methoxy groups -OCH3 is 1. The van der Waals surface area contributed by atoms with E-state index in [1.54, 1.807) is 0 Å². The number of hydrogen-bond donors (Lipinski definition) is 1. The van der Waals surface area contributed by atoms with Gasteiger partial charge < -0.3 is 14.7 Å². The van der Waals surface area contributed by atoms with Crippen molar-refractivity contribution in [3.8, 4) is 12.3 Å². The number of amides is 1. The maximum atomic E-state index is 11.6. The molecule has 0 aliphatic carbocycles. The molecule has 0 radical (unpaired) electrons. The van der Waals surface area contributed by atoms with Crippen molar-refractivity contribution in [2.75, 3.05) is 13.7 Å². The zero-order chi connectivity index (χ0) is 12.3. The number of nitrogens with zero attached hydrogens (tertiary/aromatic N) is 1. The van der Waals surface area contributed by atoms with Gasteiger partial charge in [-0.15, -0.1) is 12.3 Å². The molecule has 0 aromatic carbocycles. The van der Waals surface area contributed by atoms with Crippen LogP contribution in [0.2, 0.25) is 0 Å². The summed E-state index contributed by atoms with van der Waals surface area (Å²) in [6.07, 6.45) is 3.96. The summed E-state index contributed by atoms with van der Waals surface area (Å²) in [6.45, 7) is 4.01. The highest BCUT2D eigenvalue weighted by atomic mass is 79.9. The van der Waals surface area contributed by atoms with Crippen LogP contribution in [0.5, 0.6) is 0 Å². The molecule has 0 bridgehead atoms. The second kappa shape index (κ2) is 5.48. The number of carbonyl (C=O) groups excluding carboxylic acids is 1. The Morgan fingerprint density at radius 2 is 2.50 bits per heavy atom. The molecular formula is C11H14BrNO3. The molecule has 0 saturated carbocycles. The first-order chi connectivity index (χ1) is 7.52. The van der Waals surface area contributed by atoms with E-state index in [0.717, 1.165) is 0 Å². The van der Waals surface area contributed by atoms with E-state index in [0.29, 0.717) is 11.0 Å². The van der Waals surface area contributed by atoms with Crippen LogP contribution < -0.4 is 0 Å². The molecule has 1 amide bonds. The summed E-state index contributed by atoms with van der Waals surface area (Å²) < 4.78 is 5.70. The van der Waals surface area contributed by atoms with Crippen LogP contribution in [0.25, 0.3) is 0 Å². The third kappa shape index (κ3) is 2.46. The minimum atomic E-state index is -0.764. The second-order valence-electron chi connectivity index (χ2n) is 3.61. The lowest BCUT2D eigenvalue weighted by Gasteiger charge is -2.47. The van der Waals surface area contributed by atoms with E-state index < -0.39 is 12.2 Å². The van der Waals surface area contributed by atoms with E-state index in [1.165, 1.54) is 12.0 Å². The summed E-state index contributed by atoms with van der Waals surface area (Å²) in [5, 5.41) is 9.81. The van der Waals surface area contributed by atoms with E-state index in [9.17, 15) is 9.90 Å². The van der Waals surface area contributed by atoms with E-state index in [4.69, 9.17) is 11.2 Å². The molecule has 1 saturated heterocycles. The summed E-state index contributed by atoms with van der Waals surface area (Å²) in [4.78, 5) is 13.1. The Morgan fingerprint density at radius 3 is 2.94 bits per heavy atom. The van der Waals surface area contributed by atoms with Gasteiger partial charge in [-0.3, -0.25) is 4.79 Å². The molecule has 0 unspecified atom stereocenters. The van der Waals surface area contributed by atoms with Crippen molar-refractivity contribution in [2.24, 2.45) is 0 Å². The highest BCUT2D eigenvalue weighted by Crippen LogP contribution is 2.28. The van der Waals surface area contributed by atoms with E-state index >= 15 is 0 Å². The third-order valence-corrected chi connectivity index (χ3v) is 2.76. The number of aliphatic hydroxyl groups is 1. The summed E-state index contributed by atoms with van der Waals surface area (Å²) in [6, 6.07) is -0.386. The third-order valence-electron chi connectivity index (χ3n) is 2.51. The van der Waals surface area contributed by atoms with Crippen molar-refractivity contribution in [3.05, 3.63) is 11.1 Å². The number of aliphatic hydroxyl groups excluding tert-OH is 1. The van der Waals surface area contributed by atoms with Crippen LogP contribution in [0.15, 0.2) is 11.1 Å². The normalized spacial score (nSPS) is 25.9. The molecule has 1 aliphatic rings. The molecule has 3 atom stereocenters. The topological polar surface area (TPSA) is 49.8 Å². The van der Waals surface area contributed by atoms with E-state index in [2.05, 4.69) is 28.4 Å². The van der Waals surface area contributed by atoms with Gasteiger partial charge in [-0.05, 0) is 0 Å². The number of rotatable bonds is 5. The van der Waals surface area contributed by atoms with Crippen molar-refractivity contribution in [3.63, 3.8) is 0 Å². The quantitative estimate of drug-likeness (QED) is 0.592. The number of terminal acetylenes is 1. The molecule has 1 aliphatic heterocycles. The maximum absolute atomic E-state index is 11.6. The Labute approximate surface area is 103 Å². The average Bonchev–Trinajstić information content (AvgIpc) is 2.21. The molecule has 0 spiro atoms. The zero-order valence-corrected chi connectivity index (χ0v) is 10.6. The number of hydrogen-bond acceptors (Lipinski definition) is 3. The highest BCUT2D eigenvalue weighted by molar-refractivity contribution is 9.11. The first-order valence-corrected chi connectivity index (χ1v) is 5.60. The van der Waals surface area contributed by atoms with Crippen LogP contribution in [0.4, 0.5) is 0 Å². The summed E-state index contributed by atoms with van der Waals surface area (Å²) >= 11 is 3.18. The molecule has 0 aromatic rings. The van der Waals surface area contributed by atoms with Crippen LogP contribution >= 0.6 is 15.9 Å². The lowest BCUT2D eigenvalue weighted by Crippen LogP contribution is -2.69. The molecule has 16 heavy (non-hydrogen) atoms. The van der Waals surface area contributed by atoms with Crippen molar-refractivity contribution in [1.82, 2.24) is 4.90 Å². The fourth-order valence-corrected chi connectivity index (χ4v) is 2.07. The van der Waals surface area contributed by atoms with Crippen molar-refractivity contribution >= 4 is 21.8 Å². The molecule has 88 valence electrons. The lowest BCUT2D eigenvalue weighted by atomic mass is 9.91. The molecule has 1 rings (SSSR count). The number of likely N-dealkylation sites (tertiary alicyclic amines) is 1. The van der Waals surface area contributed by atoms with Gasteiger partial charge in [0.05, 0.1) is 18.7 Å². The van der Waals surface area contributed by atoms with Gasteiger partial charge in [0, 0.05) is 18.0 Å². The standard InChI is InChI=1S/C11H14BrNO3/c1-4-5-8(14)9-10(16-3)11(15)13(9)6-7(2)12/h1,8-10,14H,2,5-6H2,3H3/t8-,9+,10-/m1/s1. The van der Waals surface area contributed by atoms with Gasteiger partial charge in [0.15, 0.2) is 6.10 Å². The number of carbonyl (C=O) groups is 1. The van der Waals surface area contributed by atoms with Crippen molar-refractivity contribution in [1.29, 1.82) is 0 Å². The zero-order valence-electron chi connectivity index (χ0n) is 9.02. The van der Waals surface area contributed by atoms with Gasteiger partial charge in [0.1, 0.15) is 0 Å². The number of halogens is 1. The Kier molecular flexibility index (Phi) is 4.54. The Hall–Kier alpha value is -0.830. The largest absolute Gasteiger partial charge is 0.390 e. The van der Waals surface area contributed by atoms with Crippen LogP contribution in [0.3, 0.4) is 0 Å². The Morgan fingerprint density at radius 1 is 1.88 bits per heavy atom. The molecular weight excluding hydrogens is 274 g/mol. The summed E-state index contributed by atoms with van der Waals surface area (Å²) in [7, 11) is 1.44. The first kappa shape index (κ1) is 13.2. The van der Waals surface area contributed by atoms with E-state index in [1.807, 2.05) is 0 Å². The maximum Gasteiger partial charge on any atom is 0.254 e. The van der Waals surface area contributed by atoms with Gasteiger partial charge in [-0.1, -0.05) is 22.5 Å². The Bertz CT molecular complexity index is 337. The smallest absolute Gasteiger partial charge is 0.254 e. The van der Waals surface area contributed by atoms with Crippen LogP contribution in [-0.4, -0.2) is 47.8 Å². The van der Waals surface area contributed by atoms with Crippen molar-refractivity contribution in [2.45, 2.75) is 24.7 Å². The highest BCUT2D eigenvalue weighted by Gasteiger charge is 2.50. The summed E-state index contributed by atoms with van der Waals surface area (Å²) in [5.41, 5.74) is 0. The van der Waals surface area contributed by atoms with Gasteiger partial charge in [-0.2, -0.15) is 0 Å². The van der Waals surface area contributed by atoms with Crippen LogP contribution in [0, 0.1) is 12.3 Å². The number of ether oxygens (including phenoxy) is 1. The molecule has 4 nitrogen and oxygen atoms in total. The lowest BCUT2D eigenvalue weighted by molar-refractivity contribution is -0.178. The van der Waals surface area contributed by atoms with Crippen molar-refractivity contribution < 1.29 is 14.6 Å². The minimum Gasteiger partial charge on any atom is -0.390 e. The van der Waals surface area contributed by atoms with Crippen LogP contribution in [-0.2, 0) is 9.53 Å². The fraction of sp³-hybridized carbons (Fsp3) is 0.545. The monoisotopic (exact) mass is 287 g/mol. The molecule has 1 N–H and O–H groups in total. The molecule has 1 fully saturated rings. The fourth-order valence-electron chi connectivity index (χ4n) is 1.80. The molecule has 0 aromatic heterocycles. The minimum absolute atomic E-state index is 0.149. The molecule has 1 heterocycles. The summed E-state index contributed by atoms with van der Waals surface area (Å²) in [5.74, 6) is 2.22.